The van der Waals surface area contributed by atoms with E-state index in [0.717, 1.165) is 40.8 Å². The molecule has 3 aromatic rings. The van der Waals surface area contributed by atoms with E-state index in [1.807, 2.05) is 49.4 Å². The summed E-state index contributed by atoms with van der Waals surface area (Å²) in [5, 5.41) is 0.572. The van der Waals surface area contributed by atoms with Crippen molar-refractivity contribution in [2.75, 3.05) is 7.11 Å². The van der Waals surface area contributed by atoms with E-state index in [-0.39, 0.29) is 11.7 Å². The van der Waals surface area contributed by atoms with Crippen molar-refractivity contribution in [1.29, 1.82) is 0 Å². The van der Waals surface area contributed by atoms with Crippen molar-refractivity contribution in [3.05, 3.63) is 70.1 Å². The summed E-state index contributed by atoms with van der Waals surface area (Å²) in [7, 11) is 1.41. The number of ether oxygens (including phenoxy) is 1. The lowest BCUT2D eigenvalue weighted by atomic mass is 9.93. The van der Waals surface area contributed by atoms with Crippen LogP contribution in [0.3, 0.4) is 0 Å². The average Bonchev–Trinajstić information content (AvgIpc) is 3.55. The monoisotopic (exact) mass is 435 g/mol. The van der Waals surface area contributed by atoms with Crippen molar-refractivity contribution < 1.29 is 14.3 Å². The van der Waals surface area contributed by atoms with Crippen LogP contribution in [-0.4, -0.2) is 29.0 Å². The van der Waals surface area contributed by atoms with Crippen LogP contribution < -0.4 is 5.73 Å². The van der Waals surface area contributed by atoms with Gasteiger partial charge >= 0.3 is 5.97 Å². The van der Waals surface area contributed by atoms with E-state index in [2.05, 4.69) is 9.97 Å². The first-order valence-electron chi connectivity index (χ1n) is 9.91. The molecule has 0 atom stereocenters. The van der Waals surface area contributed by atoms with Gasteiger partial charge in [0.25, 0.3) is 5.91 Å². The number of amides is 1. The number of methoxy groups -OCH3 is 1. The molecule has 1 saturated carbocycles. The highest BCUT2D eigenvalue weighted by Crippen LogP contribution is 2.50. The van der Waals surface area contributed by atoms with Gasteiger partial charge in [0.2, 0.25) is 0 Å². The molecule has 1 aromatic heterocycles. The minimum absolute atomic E-state index is 0.169. The van der Waals surface area contributed by atoms with Crippen molar-refractivity contribution in [3.63, 3.8) is 0 Å². The van der Waals surface area contributed by atoms with E-state index < -0.39 is 11.3 Å². The summed E-state index contributed by atoms with van der Waals surface area (Å²) in [4.78, 5) is 32.6. The van der Waals surface area contributed by atoms with Crippen molar-refractivity contribution in [2.24, 2.45) is 5.73 Å². The fraction of sp³-hybridized carbons (Fsp3) is 0.250. The number of aryl methyl sites for hydroxylation is 2. The third-order valence-electron chi connectivity index (χ3n) is 5.79. The van der Waals surface area contributed by atoms with Gasteiger partial charge in [-0.3, -0.25) is 14.6 Å². The number of aromatic nitrogens is 2. The lowest BCUT2D eigenvalue weighted by Gasteiger charge is -2.15. The van der Waals surface area contributed by atoms with E-state index >= 15 is 0 Å². The van der Waals surface area contributed by atoms with Gasteiger partial charge in [-0.1, -0.05) is 48.0 Å². The Morgan fingerprint density at radius 2 is 1.65 bits per heavy atom. The molecule has 0 aliphatic heterocycles. The van der Waals surface area contributed by atoms with Crippen molar-refractivity contribution in [3.8, 4) is 22.4 Å². The molecule has 1 fully saturated rings. The first-order valence-corrected chi connectivity index (χ1v) is 10.3. The number of esters is 1. The Balaban J connectivity index is 1.66. The number of primary amides is 1. The van der Waals surface area contributed by atoms with Crippen LogP contribution in [-0.2, 0) is 14.9 Å². The number of rotatable bonds is 5. The van der Waals surface area contributed by atoms with E-state index in [1.54, 1.807) is 6.92 Å². The van der Waals surface area contributed by atoms with Crippen LogP contribution in [0.15, 0.2) is 42.5 Å². The zero-order valence-electron chi connectivity index (χ0n) is 17.5. The Morgan fingerprint density at radius 1 is 1.00 bits per heavy atom. The van der Waals surface area contributed by atoms with Crippen LogP contribution in [0.2, 0.25) is 5.02 Å². The molecule has 0 unspecified atom stereocenters. The molecule has 0 radical (unpaired) electrons. The van der Waals surface area contributed by atoms with Crippen molar-refractivity contribution in [1.82, 2.24) is 9.97 Å². The molecule has 2 aromatic carbocycles. The zero-order valence-corrected chi connectivity index (χ0v) is 18.3. The number of hydrogen-bond acceptors (Lipinski definition) is 5. The van der Waals surface area contributed by atoms with Crippen LogP contribution in [0.25, 0.3) is 22.4 Å². The summed E-state index contributed by atoms with van der Waals surface area (Å²) in [6.07, 6.45) is 1.54. The minimum Gasteiger partial charge on any atom is -0.468 e. The Hall–Kier alpha value is -3.25. The molecule has 31 heavy (non-hydrogen) atoms. The van der Waals surface area contributed by atoms with Gasteiger partial charge in [0.05, 0.1) is 29.6 Å². The highest BCUT2D eigenvalue weighted by Gasteiger charge is 2.52. The Labute approximate surface area is 185 Å². The maximum absolute atomic E-state index is 12.1. The standard InChI is InChI=1S/C24H22ClN3O3/c1-13-20(28-21(22(26)29)14(2)27-13)16-6-4-15(5-7-16)18-9-8-17(12-19(18)25)24(10-11-24)23(30)31-3/h4-9,12H,10-11H2,1-3H3,(H2,26,29). The molecule has 1 heterocycles. The fourth-order valence-corrected chi connectivity index (χ4v) is 4.21. The molecule has 6 nitrogen and oxygen atoms in total. The lowest BCUT2D eigenvalue weighted by molar-refractivity contribution is -0.143. The minimum atomic E-state index is -0.602. The first kappa shape index (κ1) is 21.0. The van der Waals surface area contributed by atoms with Gasteiger partial charge in [-0.25, -0.2) is 4.98 Å². The van der Waals surface area contributed by atoms with Gasteiger partial charge in [0, 0.05) is 16.1 Å². The number of nitrogens with zero attached hydrogens (tertiary/aromatic N) is 2. The number of hydrogen-bond donors (Lipinski definition) is 1. The normalized spacial score (nSPS) is 14.2. The predicted octanol–water partition coefficient (Wildman–Crippen LogP) is 4.38. The fourth-order valence-electron chi connectivity index (χ4n) is 3.92. The highest BCUT2D eigenvalue weighted by molar-refractivity contribution is 6.33. The van der Waals surface area contributed by atoms with Crippen LogP contribution >= 0.6 is 11.6 Å². The van der Waals surface area contributed by atoms with Gasteiger partial charge in [0.1, 0.15) is 5.69 Å². The summed E-state index contributed by atoms with van der Waals surface area (Å²) < 4.78 is 4.96. The Morgan fingerprint density at radius 3 is 2.19 bits per heavy atom. The molecule has 4 rings (SSSR count). The summed E-state index contributed by atoms with van der Waals surface area (Å²) in [5.74, 6) is -0.819. The van der Waals surface area contributed by atoms with E-state index in [0.29, 0.717) is 16.4 Å². The number of nitrogens with two attached hydrogens (primary N) is 1. The molecule has 0 spiro atoms. The lowest BCUT2D eigenvalue weighted by Crippen LogP contribution is -2.21. The molecule has 0 saturated heterocycles. The molecule has 158 valence electrons. The van der Waals surface area contributed by atoms with E-state index in [9.17, 15) is 9.59 Å². The molecule has 1 amide bonds. The van der Waals surface area contributed by atoms with Gasteiger partial charge < -0.3 is 10.5 Å². The van der Waals surface area contributed by atoms with Gasteiger partial charge in [-0.2, -0.15) is 0 Å². The average molecular weight is 436 g/mol. The molecule has 7 heteroatoms. The summed E-state index contributed by atoms with van der Waals surface area (Å²) in [6.45, 7) is 3.56. The largest absolute Gasteiger partial charge is 0.468 e. The third-order valence-corrected chi connectivity index (χ3v) is 6.11. The number of halogens is 1. The van der Waals surface area contributed by atoms with Crippen LogP contribution in [0, 0.1) is 13.8 Å². The van der Waals surface area contributed by atoms with Crippen LogP contribution in [0.4, 0.5) is 0 Å². The maximum atomic E-state index is 12.1. The smallest absolute Gasteiger partial charge is 0.316 e. The van der Waals surface area contributed by atoms with Gasteiger partial charge in [-0.05, 0) is 43.9 Å². The van der Waals surface area contributed by atoms with Gasteiger partial charge in [-0.15, -0.1) is 0 Å². The number of carbonyl (C=O) groups is 2. The van der Waals surface area contributed by atoms with Crippen molar-refractivity contribution in [2.45, 2.75) is 32.1 Å². The molecule has 1 aliphatic carbocycles. The van der Waals surface area contributed by atoms with Crippen LogP contribution in [0.5, 0.6) is 0 Å². The SMILES string of the molecule is COC(=O)C1(c2ccc(-c3ccc(-c4nc(C(N)=O)c(C)nc4C)cc3)c(Cl)c2)CC1. The van der Waals surface area contributed by atoms with Crippen molar-refractivity contribution >= 4 is 23.5 Å². The summed E-state index contributed by atoms with van der Waals surface area (Å²) in [5.41, 5.74) is 10.4. The molecule has 0 bridgehead atoms. The molecule has 2 N–H and O–H groups in total. The van der Waals surface area contributed by atoms with E-state index in [4.69, 9.17) is 22.1 Å². The summed E-state index contributed by atoms with van der Waals surface area (Å²) in [6, 6.07) is 13.4. The van der Waals surface area contributed by atoms with E-state index in [1.165, 1.54) is 7.11 Å². The predicted molar refractivity (Wildman–Crippen MR) is 119 cm³/mol. The molecular formula is C24H22ClN3O3. The Kier molecular flexibility index (Phi) is 5.27. The van der Waals surface area contributed by atoms with Crippen LogP contribution in [0.1, 0.15) is 40.3 Å². The quantitative estimate of drug-likeness (QED) is 0.600. The number of benzene rings is 2. The van der Waals surface area contributed by atoms with Gasteiger partial charge in [0.15, 0.2) is 0 Å². The second-order valence-electron chi connectivity index (χ2n) is 7.80. The molecule has 1 aliphatic rings. The topological polar surface area (TPSA) is 95.2 Å². The highest BCUT2D eigenvalue weighted by atomic mass is 35.5. The Bertz CT molecular complexity index is 1200. The summed E-state index contributed by atoms with van der Waals surface area (Å²) >= 11 is 6.57. The third kappa shape index (κ3) is 3.68. The zero-order chi connectivity index (χ0) is 22.3. The number of carbonyl (C=O) groups excluding carboxylic acids is 2. The molecular weight excluding hydrogens is 414 g/mol. The first-order chi connectivity index (χ1) is 14.8. The second kappa shape index (κ2) is 7.78. The maximum Gasteiger partial charge on any atom is 0.316 e. The second-order valence-corrected chi connectivity index (χ2v) is 8.21.